The highest BCUT2D eigenvalue weighted by atomic mass is 16.2. The van der Waals surface area contributed by atoms with Crippen LogP contribution in [0, 0.1) is 0 Å². The first-order valence-electron chi connectivity index (χ1n) is 9.90. The van der Waals surface area contributed by atoms with Crippen molar-refractivity contribution in [3.63, 3.8) is 0 Å². The summed E-state index contributed by atoms with van der Waals surface area (Å²) in [5, 5.41) is 2.71. The zero-order valence-electron chi connectivity index (χ0n) is 16.4. The molecule has 1 N–H and O–H groups in total. The zero-order chi connectivity index (χ0) is 20.2. The number of anilines is 1. The van der Waals surface area contributed by atoms with Crippen LogP contribution in [0.15, 0.2) is 84.9 Å². The number of fused-ring (bicyclic) bond motifs is 1. The number of para-hydroxylation sites is 1. The number of nitrogens with one attached hydrogen (secondary N) is 1. The molecule has 2 amide bonds. The summed E-state index contributed by atoms with van der Waals surface area (Å²) in [7, 11) is 1.62. The van der Waals surface area contributed by atoms with E-state index in [0.717, 1.165) is 22.4 Å². The number of benzene rings is 3. The molecule has 3 aromatic carbocycles. The van der Waals surface area contributed by atoms with Crippen molar-refractivity contribution < 1.29 is 9.59 Å². The van der Waals surface area contributed by atoms with Crippen LogP contribution >= 0.6 is 0 Å². The first-order chi connectivity index (χ1) is 14.2. The summed E-state index contributed by atoms with van der Waals surface area (Å²) in [6.07, 6.45) is 0.846. The molecule has 0 aromatic heterocycles. The Balaban J connectivity index is 1.69. The lowest BCUT2D eigenvalue weighted by Crippen LogP contribution is -2.47. The second kappa shape index (κ2) is 8.31. The Morgan fingerprint density at radius 3 is 2.03 bits per heavy atom. The maximum atomic E-state index is 13.5. The van der Waals surface area contributed by atoms with Gasteiger partial charge in [0.05, 0.1) is 0 Å². The molecule has 1 atom stereocenters. The van der Waals surface area contributed by atoms with Crippen molar-refractivity contribution in [1.82, 2.24) is 5.32 Å². The van der Waals surface area contributed by atoms with Gasteiger partial charge in [-0.2, -0.15) is 0 Å². The Bertz CT molecular complexity index is 962. The summed E-state index contributed by atoms with van der Waals surface area (Å²) in [6, 6.07) is 27.4. The summed E-state index contributed by atoms with van der Waals surface area (Å²) in [4.78, 5) is 27.7. The van der Waals surface area contributed by atoms with E-state index in [0.29, 0.717) is 12.8 Å². The van der Waals surface area contributed by atoms with Crippen LogP contribution in [0.5, 0.6) is 0 Å². The third kappa shape index (κ3) is 3.79. The van der Waals surface area contributed by atoms with Crippen molar-refractivity contribution >= 4 is 17.5 Å². The molecule has 0 saturated carbocycles. The van der Waals surface area contributed by atoms with Crippen LogP contribution in [0.4, 0.5) is 5.69 Å². The molecule has 3 aromatic rings. The zero-order valence-corrected chi connectivity index (χ0v) is 16.4. The van der Waals surface area contributed by atoms with Gasteiger partial charge in [0.2, 0.25) is 11.8 Å². The van der Waals surface area contributed by atoms with Gasteiger partial charge in [-0.05, 0) is 22.8 Å². The van der Waals surface area contributed by atoms with Crippen molar-refractivity contribution in [2.24, 2.45) is 0 Å². The predicted octanol–water partition coefficient (Wildman–Crippen LogP) is 3.91. The van der Waals surface area contributed by atoms with Gasteiger partial charge in [-0.25, -0.2) is 0 Å². The highest BCUT2D eigenvalue weighted by molar-refractivity contribution is 6.03. The molecular weight excluding hydrogens is 360 g/mol. The molecule has 0 aliphatic carbocycles. The molecule has 0 saturated heterocycles. The highest BCUT2D eigenvalue weighted by Gasteiger charge is 2.38. The lowest BCUT2D eigenvalue weighted by molar-refractivity contribution is -0.126. The van der Waals surface area contributed by atoms with E-state index in [1.165, 1.54) is 0 Å². The summed E-state index contributed by atoms with van der Waals surface area (Å²) in [5.41, 5.74) is 4.06. The van der Waals surface area contributed by atoms with Crippen molar-refractivity contribution in [3.05, 3.63) is 102 Å². The molecule has 1 aliphatic heterocycles. The molecule has 1 heterocycles. The van der Waals surface area contributed by atoms with E-state index in [1.807, 2.05) is 60.7 Å². The second-order valence-corrected chi connectivity index (χ2v) is 7.30. The van der Waals surface area contributed by atoms with Crippen LogP contribution in [-0.2, 0) is 16.0 Å². The highest BCUT2D eigenvalue weighted by Crippen LogP contribution is 2.35. The number of hydrogen-bond acceptors (Lipinski definition) is 2. The maximum Gasteiger partial charge on any atom is 0.243 e. The molecule has 0 spiro atoms. The first-order valence-corrected chi connectivity index (χ1v) is 9.90. The molecule has 4 rings (SSSR count). The minimum atomic E-state index is -0.503. The van der Waals surface area contributed by atoms with Crippen LogP contribution in [0.3, 0.4) is 0 Å². The largest absolute Gasteiger partial charge is 0.357 e. The number of carbonyl (C=O) groups excluding carboxylic acids is 2. The lowest BCUT2D eigenvalue weighted by Gasteiger charge is -2.27. The quantitative estimate of drug-likeness (QED) is 0.725. The Labute approximate surface area is 171 Å². The predicted molar refractivity (Wildman–Crippen MR) is 115 cm³/mol. The molecule has 1 aliphatic rings. The fourth-order valence-corrected chi connectivity index (χ4v) is 4.14. The Morgan fingerprint density at radius 2 is 1.45 bits per heavy atom. The van der Waals surface area contributed by atoms with Crippen molar-refractivity contribution in [2.45, 2.75) is 24.8 Å². The third-order valence-corrected chi connectivity index (χ3v) is 5.58. The number of likely N-dealkylation sites (N-methyl/N-ethyl adjacent to an activating group) is 1. The molecule has 4 nitrogen and oxygen atoms in total. The summed E-state index contributed by atoms with van der Waals surface area (Å²) in [5.74, 6) is -0.241. The van der Waals surface area contributed by atoms with Gasteiger partial charge in [0.15, 0.2) is 0 Å². The lowest BCUT2D eigenvalue weighted by atomic mass is 9.88. The molecule has 0 bridgehead atoms. The molecular formula is C25H24N2O2. The molecule has 4 heteroatoms. The van der Waals surface area contributed by atoms with Gasteiger partial charge in [0.25, 0.3) is 0 Å². The molecule has 0 radical (unpaired) electrons. The minimum Gasteiger partial charge on any atom is -0.357 e. The van der Waals surface area contributed by atoms with E-state index in [2.05, 4.69) is 29.6 Å². The van der Waals surface area contributed by atoms with Gasteiger partial charge in [0, 0.05) is 31.5 Å². The number of carbonyl (C=O) groups is 2. The van der Waals surface area contributed by atoms with Crippen molar-refractivity contribution in [1.29, 1.82) is 0 Å². The smallest absolute Gasteiger partial charge is 0.243 e. The van der Waals surface area contributed by atoms with Crippen LogP contribution < -0.4 is 10.2 Å². The van der Waals surface area contributed by atoms with Crippen LogP contribution in [0.2, 0.25) is 0 Å². The van der Waals surface area contributed by atoms with Gasteiger partial charge in [-0.3, -0.25) is 14.5 Å². The normalized spacial score (nSPS) is 15.2. The van der Waals surface area contributed by atoms with Gasteiger partial charge >= 0.3 is 0 Å². The molecule has 146 valence electrons. The van der Waals surface area contributed by atoms with E-state index < -0.39 is 6.04 Å². The molecule has 29 heavy (non-hydrogen) atoms. The Morgan fingerprint density at radius 1 is 0.897 bits per heavy atom. The van der Waals surface area contributed by atoms with E-state index in [-0.39, 0.29) is 17.7 Å². The van der Waals surface area contributed by atoms with Crippen molar-refractivity contribution in [3.8, 4) is 0 Å². The van der Waals surface area contributed by atoms with E-state index in [9.17, 15) is 9.59 Å². The fourth-order valence-electron chi connectivity index (χ4n) is 4.14. The third-order valence-electron chi connectivity index (χ3n) is 5.58. The van der Waals surface area contributed by atoms with Crippen LogP contribution in [0.1, 0.15) is 29.0 Å². The van der Waals surface area contributed by atoms with E-state index in [4.69, 9.17) is 0 Å². The molecule has 0 unspecified atom stereocenters. The summed E-state index contributed by atoms with van der Waals surface area (Å²) in [6.45, 7) is 0. The maximum absolute atomic E-state index is 13.5. The molecule has 0 fully saturated rings. The van der Waals surface area contributed by atoms with Crippen LogP contribution in [0.25, 0.3) is 0 Å². The SMILES string of the molecule is CNC(=O)[C@H]1Cc2ccccc2N1C(=O)CC(c1ccccc1)c1ccccc1. The summed E-state index contributed by atoms with van der Waals surface area (Å²) >= 11 is 0. The van der Waals surface area contributed by atoms with Gasteiger partial charge in [0.1, 0.15) is 6.04 Å². The summed E-state index contributed by atoms with van der Waals surface area (Å²) < 4.78 is 0. The number of hydrogen-bond donors (Lipinski definition) is 1. The van der Waals surface area contributed by atoms with Crippen LogP contribution in [-0.4, -0.2) is 24.9 Å². The second-order valence-electron chi connectivity index (χ2n) is 7.30. The number of amides is 2. The average molecular weight is 384 g/mol. The van der Waals surface area contributed by atoms with E-state index >= 15 is 0 Å². The first kappa shape index (κ1) is 18.9. The average Bonchev–Trinajstić information content (AvgIpc) is 3.18. The van der Waals surface area contributed by atoms with Crippen molar-refractivity contribution in [2.75, 3.05) is 11.9 Å². The van der Waals surface area contributed by atoms with E-state index in [1.54, 1.807) is 11.9 Å². The monoisotopic (exact) mass is 384 g/mol. The number of nitrogens with zero attached hydrogens (tertiary/aromatic N) is 1. The standard InChI is InChI=1S/C25H24N2O2/c1-26-25(29)23-16-20-14-8-9-15-22(20)27(23)24(28)17-21(18-10-4-2-5-11-18)19-12-6-3-7-13-19/h2-15,21,23H,16-17H2,1H3,(H,26,29)/t23-/m1/s1. The Kier molecular flexibility index (Phi) is 5.43. The fraction of sp³-hybridized carbons (Fsp3) is 0.200. The topological polar surface area (TPSA) is 49.4 Å². The minimum absolute atomic E-state index is 0.0405. The Hall–Kier alpha value is -3.40. The van der Waals surface area contributed by atoms with Gasteiger partial charge in [-0.1, -0.05) is 78.9 Å². The van der Waals surface area contributed by atoms with Gasteiger partial charge in [-0.15, -0.1) is 0 Å². The van der Waals surface area contributed by atoms with Gasteiger partial charge < -0.3 is 5.32 Å². The number of rotatable bonds is 5.